The van der Waals surface area contributed by atoms with Crippen molar-refractivity contribution in [1.29, 1.82) is 0 Å². The van der Waals surface area contributed by atoms with Crippen LogP contribution in [0, 0.1) is 13.8 Å². The summed E-state index contributed by atoms with van der Waals surface area (Å²) >= 11 is 0. The van der Waals surface area contributed by atoms with E-state index in [1.807, 2.05) is 30.9 Å². The Bertz CT molecular complexity index is 525. The van der Waals surface area contributed by atoms with Gasteiger partial charge in [0.1, 0.15) is 5.78 Å². The van der Waals surface area contributed by atoms with Crippen molar-refractivity contribution in [3.63, 3.8) is 0 Å². The molecule has 4 nitrogen and oxygen atoms in total. The number of hydrogen-bond acceptors (Lipinski definition) is 3. The van der Waals surface area contributed by atoms with Gasteiger partial charge in [0.15, 0.2) is 0 Å². The van der Waals surface area contributed by atoms with Gasteiger partial charge in [-0.3, -0.25) is 14.6 Å². The average Bonchev–Trinajstić information content (AvgIpc) is 2.38. The van der Waals surface area contributed by atoms with E-state index in [0.717, 1.165) is 37.2 Å². The summed E-state index contributed by atoms with van der Waals surface area (Å²) < 4.78 is 0. The smallest absolute Gasteiger partial charge is 0.255 e. The van der Waals surface area contributed by atoms with Crippen LogP contribution in [-0.4, -0.2) is 34.2 Å². The third-order valence-corrected chi connectivity index (χ3v) is 3.87. The molecule has 1 saturated heterocycles. The van der Waals surface area contributed by atoms with Gasteiger partial charge in [0.2, 0.25) is 0 Å². The number of aryl methyl sites for hydroxylation is 2. The molecule has 0 N–H and O–H groups in total. The number of nitrogens with zero attached hydrogens (tertiary/aromatic N) is 2. The third-order valence-electron chi connectivity index (χ3n) is 3.87. The lowest BCUT2D eigenvalue weighted by molar-refractivity contribution is -0.118. The lowest BCUT2D eigenvalue weighted by Crippen LogP contribution is -2.44. The summed E-state index contributed by atoms with van der Waals surface area (Å²) in [6, 6.07) is 3.76. The predicted molar refractivity (Wildman–Crippen MR) is 77.7 cm³/mol. The molecule has 0 aliphatic carbocycles. The van der Waals surface area contributed by atoms with Gasteiger partial charge in [0.25, 0.3) is 5.91 Å². The average molecular weight is 274 g/mol. The minimum atomic E-state index is 0.0148. The molecule has 1 aromatic heterocycles. The number of amides is 1. The standard InChI is InChI=1S/C16H22N2O2/c1-11-7-8-15(13(3)17-11)16(20)18-9-5-4-6-14(18)10-12(2)19/h7-8,14H,4-6,9-10H2,1-3H3. The summed E-state index contributed by atoms with van der Waals surface area (Å²) in [5.41, 5.74) is 2.34. The van der Waals surface area contributed by atoms with Crippen molar-refractivity contribution >= 4 is 11.7 Å². The van der Waals surface area contributed by atoms with E-state index in [-0.39, 0.29) is 17.7 Å². The van der Waals surface area contributed by atoms with Crippen LogP contribution in [0.2, 0.25) is 0 Å². The number of likely N-dealkylation sites (tertiary alicyclic amines) is 1. The molecule has 2 rings (SSSR count). The number of carbonyl (C=O) groups excluding carboxylic acids is 2. The summed E-state index contributed by atoms with van der Waals surface area (Å²) in [5, 5.41) is 0. The molecule has 108 valence electrons. The first-order valence-corrected chi connectivity index (χ1v) is 7.23. The van der Waals surface area contributed by atoms with Gasteiger partial charge in [-0.05, 0) is 52.2 Å². The fourth-order valence-corrected chi connectivity index (χ4v) is 2.88. The number of hydrogen-bond donors (Lipinski definition) is 0. The van der Waals surface area contributed by atoms with E-state index < -0.39 is 0 Å². The predicted octanol–water partition coefficient (Wildman–Crippen LogP) is 2.67. The number of ketones is 1. The van der Waals surface area contributed by atoms with Gasteiger partial charge in [-0.1, -0.05) is 0 Å². The van der Waals surface area contributed by atoms with Crippen LogP contribution in [0.3, 0.4) is 0 Å². The quantitative estimate of drug-likeness (QED) is 0.851. The molecule has 0 saturated carbocycles. The van der Waals surface area contributed by atoms with Crippen molar-refractivity contribution in [1.82, 2.24) is 9.88 Å². The number of carbonyl (C=O) groups is 2. The largest absolute Gasteiger partial charge is 0.335 e. The number of piperidine rings is 1. The molecular formula is C16H22N2O2. The Morgan fingerprint density at radius 2 is 2.05 bits per heavy atom. The fraction of sp³-hybridized carbons (Fsp3) is 0.562. The van der Waals surface area contributed by atoms with E-state index in [2.05, 4.69) is 4.98 Å². The van der Waals surface area contributed by atoms with Gasteiger partial charge in [-0.2, -0.15) is 0 Å². The highest BCUT2D eigenvalue weighted by Gasteiger charge is 2.29. The van der Waals surface area contributed by atoms with Crippen molar-refractivity contribution in [3.05, 3.63) is 29.1 Å². The second-order valence-corrected chi connectivity index (χ2v) is 5.64. The molecule has 20 heavy (non-hydrogen) atoms. The molecule has 1 aliphatic rings. The molecule has 0 spiro atoms. The zero-order valence-electron chi connectivity index (χ0n) is 12.5. The van der Waals surface area contributed by atoms with E-state index in [9.17, 15) is 9.59 Å². The van der Waals surface area contributed by atoms with Crippen molar-refractivity contribution < 1.29 is 9.59 Å². The minimum absolute atomic E-state index is 0.0148. The third kappa shape index (κ3) is 3.24. The van der Waals surface area contributed by atoms with Gasteiger partial charge >= 0.3 is 0 Å². The van der Waals surface area contributed by atoms with Crippen LogP contribution in [-0.2, 0) is 4.79 Å². The Morgan fingerprint density at radius 1 is 1.30 bits per heavy atom. The van der Waals surface area contributed by atoms with Crippen molar-refractivity contribution in [2.45, 2.75) is 52.5 Å². The van der Waals surface area contributed by atoms with Crippen LogP contribution in [0.15, 0.2) is 12.1 Å². The van der Waals surface area contributed by atoms with Crippen LogP contribution in [0.4, 0.5) is 0 Å². The van der Waals surface area contributed by atoms with Crippen molar-refractivity contribution in [3.8, 4) is 0 Å². The molecule has 1 aliphatic heterocycles. The first-order valence-electron chi connectivity index (χ1n) is 7.23. The minimum Gasteiger partial charge on any atom is -0.335 e. The summed E-state index contributed by atoms with van der Waals surface area (Å²) in [4.78, 5) is 30.3. The Morgan fingerprint density at radius 3 is 2.70 bits per heavy atom. The summed E-state index contributed by atoms with van der Waals surface area (Å²) in [6.07, 6.45) is 3.49. The van der Waals surface area contributed by atoms with Crippen LogP contribution >= 0.6 is 0 Å². The van der Waals surface area contributed by atoms with E-state index in [1.54, 1.807) is 6.92 Å². The maximum absolute atomic E-state index is 12.7. The van der Waals surface area contributed by atoms with Crippen molar-refractivity contribution in [2.24, 2.45) is 0 Å². The van der Waals surface area contributed by atoms with E-state index in [4.69, 9.17) is 0 Å². The second-order valence-electron chi connectivity index (χ2n) is 5.64. The van der Waals surface area contributed by atoms with Gasteiger partial charge in [-0.15, -0.1) is 0 Å². The van der Waals surface area contributed by atoms with Crippen LogP contribution < -0.4 is 0 Å². The molecule has 1 unspecified atom stereocenters. The normalized spacial score (nSPS) is 18.9. The van der Waals surface area contributed by atoms with Gasteiger partial charge < -0.3 is 4.90 Å². The number of pyridine rings is 1. The van der Waals surface area contributed by atoms with Gasteiger partial charge in [0.05, 0.1) is 11.3 Å². The maximum atomic E-state index is 12.7. The van der Waals surface area contributed by atoms with Crippen LogP contribution in [0.25, 0.3) is 0 Å². The highest BCUT2D eigenvalue weighted by atomic mass is 16.2. The van der Waals surface area contributed by atoms with Gasteiger partial charge in [-0.25, -0.2) is 0 Å². The Kier molecular flexibility index (Phi) is 4.53. The summed E-state index contributed by atoms with van der Waals surface area (Å²) in [7, 11) is 0. The zero-order chi connectivity index (χ0) is 14.7. The molecule has 4 heteroatoms. The molecule has 1 fully saturated rings. The highest BCUT2D eigenvalue weighted by Crippen LogP contribution is 2.23. The first kappa shape index (κ1) is 14.7. The fourth-order valence-electron chi connectivity index (χ4n) is 2.88. The highest BCUT2D eigenvalue weighted by molar-refractivity contribution is 5.95. The molecule has 0 bridgehead atoms. The SMILES string of the molecule is CC(=O)CC1CCCCN1C(=O)c1ccc(C)nc1C. The Hall–Kier alpha value is -1.71. The molecule has 0 aromatic carbocycles. The molecule has 0 radical (unpaired) electrons. The maximum Gasteiger partial charge on any atom is 0.255 e. The van der Waals surface area contributed by atoms with Crippen molar-refractivity contribution in [2.75, 3.05) is 6.54 Å². The number of Topliss-reactive ketones (excluding diaryl/α,β-unsaturated/α-hetero) is 1. The topological polar surface area (TPSA) is 50.3 Å². The van der Waals surface area contributed by atoms with E-state index in [1.165, 1.54) is 0 Å². The number of aromatic nitrogens is 1. The lowest BCUT2D eigenvalue weighted by atomic mass is 9.96. The molecule has 1 aromatic rings. The zero-order valence-corrected chi connectivity index (χ0v) is 12.5. The van der Waals surface area contributed by atoms with Crippen LogP contribution in [0.5, 0.6) is 0 Å². The van der Waals surface area contributed by atoms with E-state index >= 15 is 0 Å². The molecule has 1 amide bonds. The number of rotatable bonds is 3. The Labute approximate surface area is 120 Å². The van der Waals surface area contributed by atoms with E-state index in [0.29, 0.717) is 12.0 Å². The monoisotopic (exact) mass is 274 g/mol. The first-order chi connectivity index (χ1) is 9.49. The Balaban J connectivity index is 2.22. The molecular weight excluding hydrogens is 252 g/mol. The lowest BCUT2D eigenvalue weighted by Gasteiger charge is -2.35. The second kappa shape index (κ2) is 6.16. The van der Waals surface area contributed by atoms with Crippen LogP contribution in [0.1, 0.15) is 54.4 Å². The molecule has 1 atom stereocenters. The summed E-state index contributed by atoms with van der Waals surface area (Å²) in [5.74, 6) is 0.161. The van der Waals surface area contributed by atoms with Gasteiger partial charge in [0, 0.05) is 24.7 Å². The summed E-state index contributed by atoms with van der Waals surface area (Å²) in [6.45, 7) is 6.12. The molecule has 2 heterocycles.